The van der Waals surface area contributed by atoms with Crippen molar-refractivity contribution in [2.75, 3.05) is 20.2 Å². The van der Waals surface area contributed by atoms with Crippen LogP contribution in [0.1, 0.15) is 0 Å². The summed E-state index contributed by atoms with van der Waals surface area (Å²) in [4.78, 5) is 23.2. The number of primary amides is 1. The quantitative estimate of drug-likeness (QED) is 0.863. The maximum atomic E-state index is 12.9. The van der Waals surface area contributed by atoms with E-state index in [9.17, 15) is 14.0 Å². The first-order valence-corrected chi connectivity index (χ1v) is 5.38. The summed E-state index contributed by atoms with van der Waals surface area (Å²) in [5.74, 6) is -1.34. The monoisotopic (exact) mass is 274 g/mol. The van der Waals surface area contributed by atoms with Crippen LogP contribution in [-0.4, -0.2) is 36.9 Å². The molecule has 2 amide bonds. The highest BCUT2D eigenvalue weighted by atomic mass is 35.5. The van der Waals surface area contributed by atoms with Crippen LogP contribution in [0.2, 0.25) is 5.02 Å². The molecule has 2 N–H and O–H groups in total. The second-order valence-electron chi connectivity index (χ2n) is 3.58. The number of hydrogen-bond acceptors (Lipinski definition) is 3. The lowest BCUT2D eigenvalue weighted by atomic mass is 10.3. The van der Waals surface area contributed by atoms with Gasteiger partial charge >= 0.3 is 0 Å². The molecule has 0 fully saturated rings. The second-order valence-corrected chi connectivity index (χ2v) is 3.99. The van der Waals surface area contributed by atoms with Crippen molar-refractivity contribution >= 4 is 23.4 Å². The topological polar surface area (TPSA) is 72.6 Å². The molecule has 5 nitrogen and oxygen atoms in total. The Hall–Kier alpha value is -1.82. The van der Waals surface area contributed by atoms with E-state index in [1.54, 1.807) is 0 Å². The van der Waals surface area contributed by atoms with Crippen molar-refractivity contribution in [3.05, 3.63) is 29.0 Å². The molecule has 0 aromatic heterocycles. The predicted octanol–water partition coefficient (Wildman–Crippen LogP) is 0.802. The fourth-order valence-electron chi connectivity index (χ4n) is 1.14. The largest absolute Gasteiger partial charge is 0.484 e. The van der Waals surface area contributed by atoms with Crippen LogP contribution in [0.3, 0.4) is 0 Å². The van der Waals surface area contributed by atoms with Gasteiger partial charge in [-0.2, -0.15) is 0 Å². The molecule has 0 radical (unpaired) electrons. The Morgan fingerprint density at radius 3 is 2.72 bits per heavy atom. The van der Waals surface area contributed by atoms with Crippen molar-refractivity contribution in [3.8, 4) is 5.75 Å². The van der Waals surface area contributed by atoms with Crippen LogP contribution in [0.15, 0.2) is 18.2 Å². The zero-order valence-corrected chi connectivity index (χ0v) is 10.4. The number of ether oxygens (including phenoxy) is 1. The maximum absolute atomic E-state index is 12.9. The Morgan fingerprint density at radius 1 is 1.50 bits per heavy atom. The first kappa shape index (κ1) is 14.2. The first-order valence-electron chi connectivity index (χ1n) is 5.00. The standard InChI is InChI=1S/C11H12ClFN2O3/c1-15(5-10(14)16)11(17)6-18-7-2-3-9(13)8(12)4-7/h2-4H,5-6H2,1H3,(H2,14,16). The number of carbonyl (C=O) groups is 2. The van der Waals surface area contributed by atoms with Crippen LogP contribution in [0.5, 0.6) is 5.75 Å². The molecule has 0 bridgehead atoms. The number of nitrogens with two attached hydrogens (primary N) is 1. The highest BCUT2D eigenvalue weighted by Gasteiger charge is 2.12. The normalized spacial score (nSPS) is 9.94. The molecule has 0 heterocycles. The Balaban J connectivity index is 2.52. The van der Waals surface area contributed by atoms with Gasteiger partial charge in [0.05, 0.1) is 11.6 Å². The van der Waals surface area contributed by atoms with E-state index in [0.717, 1.165) is 11.0 Å². The molecular weight excluding hydrogens is 263 g/mol. The third-order valence-electron chi connectivity index (χ3n) is 2.07. The number of carbonyl (C=O) groups excluding carboxylic acids is 2. The first-order chi connectivity index (χ1) is 8.40. The molecule has 1 rings (SSSR count). The summed E-state index contributed by atoms with van der Waals surface area (Å²) in [5, 5.41) is -0.0922. The third-order valence-corrected chi connectivity index (χ3v) is 2.36. The molecule has 1 aromatic rings. The minimum atomic E-state index is -0.615. The van der Waals surface area contributed by atoms with Gasteiger partial charge in [0.25, 0.3) is 5.91 Å². The average Bonchev–Trinajstić information content (AvgIpc) is 2.29. The minimum absolute atomic E-state index is 0.0922. The highest BCUT2D eigenvalue weighted by molar-refractivity contribution is 6.30. The summed E-state index contributed by atoms with van der Waals surface area (Å²) in [6, 6.07) is 3.75. The fourth-order valence-corrected chi connectivity index (χ4v) is 1.31. The van der Waals surface area contributed by atoms with Gasteiger partial charge < -0.3 is 15.4 Å². The zero-order chi connectivity index (χ0) is 13.7. The average molecular weight is 275 g/mol. The Bertz CT molecular complexity index is 468. The smallest absolute Gasteiger partial charge is 0.260 e. The van der Waals surface area contributed by atoms with Crippen molar-refractivity contribution in [2.45, 2.75) is 0 Å². The SMILES string of the molecule is CN(CC(N)=O)C(=O)COc1ccc(F)c(Cl)c1. The van der Waals surface area contributed by atoms with Crippen LogP contribution in [-0.2, 0) is 9.59 Å². The maximum Gasteiger partial charge on any atom is 0.260 e. The lowest BCUT2D eigenvalue weighted by Crippen LogP contribution is -2.38. The van der Waals surface area contributed by atoms with Crippen LogP contribution < -0.4 is 10.5 Å². The Kier molecular flexibility index (Phi) is 4.91. The van der Waals surface area contributed by atoms with Gasteiger partial charge in [-0.1, -0.05) is 11.6 Å². The highest BCUT2D eigenvalue weighted by Crippen LogP contribution is 2.20. The van der Waals surface area contributed by atoms with Gasteiger partial charge in [0.1, 0.15) is 11.6 Å². The van der Waals surface area contributed by atoms with Gasteiger partial charge in [0.2, 0.25) is 5.91 Å². The predicted molar refractivity (Wildman–Crippen MR) is 63.7 cm³/mol. The Morgan fingerprint density at radius 2 is 2.17 bits per heavy atom. The summed E-state index contributed by atoms with van der Waals surface area (Å²) in [7, 11) is 1.42. The molecule has 7 heteroatoms. The van der Waals surface area contributed by atoms with Gasteiger partial charge in [-0.15, -0.1) is 0 Å². The van der Waals surface area contributed by atoms with E-state index >= 15 is 0 Å². The second kappa shape index (κ2) is 6.20. The van der Waals surface area contributed by atoms with E-state index in [2.05, 4.69) is 0 Å². The molecule has 98 valence electrons. The lowest BCUT2D eigenvalue weighted by Gasteiger charge is -2.15. The van der Waals surface area contributed by atoms with Crippen LogP contribution in [0.4, 0.5) is 4.39 Å². The Labute approximate surface area is 108 Å². The zero-order valence-electron chi connectivity index (χ0n) is 9.65. The van der Waals surface area contributed by atoms with Crippen LogP contribution >= 0.6 is 11.6 Å². The molecule has 0 saturated heterocycles. The number of nitrogens with zero attached hydrogens (tertiary/aromatic N) is 1. The van der Waals surface area contributed by atoms with Crippen molar-refractivity contribution in [2.24, 2.45) is 5.73 Å². The van der Waals surface area contributed by atoms with Crippen LogP contribution in [0.25, 0.3) is 0 Å². The summed E-state index contributed by atoms with van der Waals surface area (Å²) in [6.07, 6.45) is 0. The number of hydrogen-bond donors (Lipinski definition) is 1. The number of halogens is 2. The van der Waals surface area contributed by atoms with Crippen molar-refractivity contribution < 1.29 is 18.7 Å². The van der Waals surface area contributed by atoms with E-state index in [-0.39, 0.29) is 23.9 Å². The van der Waals surface area contributed by atoms with Gasteiger partial charge in [0.15, 0.2) is 6.61 Å². The molecule has 0 unspecified atom stereocenters. The molecule has 18 heavy (non-hydrogen) atoms. The third kappa shape index (κ3) is 4.21. The van der Waals surface area contributed by atoms with Gasteiger partial charge in [0, 0.05) is 13.1 Å². The number of rotatable bonds is 5. The minimum Gasteiger partial charge on any atom is -0.484 e. The molecule has 1 aromatic carbocycles. The van der Waals surface area contributed by atoms with E-state index in [0.29, 0.717) is 0 Å². The van der Waals surface area contributed by atoms with Gasteiger partial charge in [-0.25, -0.2) is 4.39 Å². The van der Waals surface area contributed by atoms with Crippen molar-refractivity contribution in [3.63, 3.8) is 0 Å². The van der Waals surface area contributed by atoms with Crippen molar-refractivity contribution in [1.82, 2.24) is 4.90 Å². The lowest BCUT2D eigenvalue weighted by molar-refractivity contribution is -0.135. The molecule has 0 spiro atoms. The summed E-state index contributed by atoms with van der Waals surface area (Å²) >= 11 is 5.55. The molecule has 0 saturated carbocycles. The molecular formula is C11H12ClFN2O3. The molecule has 0 aliphatic carbocycles. The molecule has 0 aliphatic rings. The summed E-state index contributed by atoms with van der Waals surface area (Å²) in [5.41, 5.74) is 4.94. The number of amides is 2. The van der Waals surface area contributed by atoms with Gasteiger partial charge in [-0.05, 0) is 12.1 Å². The summed E-state index contributed by atoms with van der Waals surface area (Å²) < 4.78 is 18.0. The number of likely N-dealkylation sites (N-methyl/N-ethyl adjacent to an activating group) is 1. The number of benzene rings is 1. The van der Waals surface area contributed by atoms with Crippen LogP contribution in [0, 0.1) is 5.82 Å². The van der Waals surface area contributed by atoms with E-state index in [4.69, 9.17) is 22.1 Å². The molecule has 0 aliphatic heterocycles. The summed E-state index contributed by atoms with van der Waals surface area (Å²) in [6.45, 7) is -0.474. The van der Waals surface area contributed by atoms with E-state index < -0.39 is 17.6 Å². The fraction of sp³-hybridized carbons (Fsp3) is 0.273. The van der Waals surface area contributed by atoms with Gasteiger partial charge in [-0.3, -0.25) is 9.59 Å². The molecule has 0 atom stereocenters. The van der Waals surface area contributed by atoms with Crippen molar-refractivity contribution in [1.29, 1.82) is 0 Å². The van der Waals surface area contributed by atoms with E-state index in [1.807, 2.05) is 0 Å². The van der Waals surface area contributed by atoms with E-state index in [1.165, 1.54) is 19.2 Å².